The first-order valence-corrected chi connectivity index (χ1v) is 7.92. The average Bonchev–Trinajstić information content (AvgIpc) is 2.97. The zero-order valence-electron chi connectivity index (χ0n) is 13.3. The van der Waals surface area contributed by atoms with Gasteiger partial charge in [0.25, 0.3) is 0 Å². The van der Waals surface area contributed by atoms with Crippen molar-refractivity contribution < 1.29 is 14.3 Å². The molecule has 0 radical (unpaired) electrons. The minimum Gasteiger partial charge on any atom is -0.392 e. The average molecular weight is 308 g/mol. The standard InChI is InChI=1S/C17H25FN2O2/c1-12(21)11-20(2)17(22)19-16(13-6-3-4-7-13)14-8-5-9-15(18)10-14/h5,8-10,12-13,16,21H,3-4,6-7,11H2,1-2H3,(H,19,22). The molecule has 122 valence electrons. The number of carbonyl (C=O) groups is 1. The number of nitrogens with zero attached hydrogens (tertiary/aromatic N) is 1. The van der Waals surface area contributed by atoms with E-state index in [0.717, 1.165) is 31.2 Å². The molecule has 22 heavy (non-hydrogen) atoms. The lowest BCUT2D eigenvalue weighted by molar-refractivity contribution is 0.140. The van der Waals surface area contributed by atoms with E-state index in [1.807, 2.05) is 6.07 Å². The van der Waals surface area contributed by atoms with E-state index < -0.39 is 6.10 Å². The molecule has 1 aromatic carbocycles. The van der Waals surface area contributed by atoms with Crippen LogP contribution in [-0.2, 0) is 0 Å². The summed E-state index contributed by atoms with van der Waals surface area (Å²) >= 11 is 0. The molecule has 1 fully saturated rings. The summed E-state index contributed by atoms with van der Waals surface area (Å²) in [4.78, 5) is 13.8. The van der Waals surface area contributed by atoms with Crippen molar-refractivity contribution >= 4 is 6.03 Å². The highest BCUT2D eigenvalue weighted by Gasteiger charge is 2.28. The van der Waals surface area contributed by atoms with Crippen molar-refractivity contribution in [2.45, 2.75) is 44.8 Å². The van der Waals surface area contributed by atoms with Gasteiger partial charge in [-0.1, -0.05) is 25.0 Å². The van der Waals surface area contributed by atoms with E-state index in [-0.39, 0.29) is 24.4 Å². The topological polar surface area (TPSA) is 52.6 Å². The second kappa shape index (κ2) is 7.58. The van der Waals surface area contributed by atoms with Crippen LogP contribution < -0.4 is 5.32 Å². The van der Waals surface area contributed by atoms with Crippen LogP contribution in [-0.4, -0.2) is 35.7 Å². The van der Waals surface area contributed by atoms with Crippen LogP contribution in [0, 0.1) is 11.7 Å². The van der Waals surface area contributed by atoms with E-state index in [0.29, 0.717) is 5.92 Å². The first-order chi connectivity index (χ1) is 10.5. The van der Waals surface area contributed by atoms with Crippen molar-refractivity contribution in [1.29, 1.82) is 0 Å². The van der Waals surface area contributed by atoms with Gasteiger partial charge >= 0.3 is 6.03 Å². The van der Waals surface area contributed by atoms with Gasteiger partial charge in [0, 0.05) is 13.6 Å². The first-order valence-electron chi connectivity index (χ1n) is 7.92. The van der Waals surface area contributed by atoms with Crippen LogP contribution in [0.5, 0.6) is 0 Å². The van der Waals surface area contributed by atoms with E-state index >= 15 is 0 Å². The summed E-state index contributed by atoms with van der Waals surface area (Å²) in [6.07, 6.45) is 3.81. The highest BCUT2D eigenvalue weighted by molar-refractivity contribution is 5.74. The van der Waals surface area contributed by atoms with Gasteiger partial charge in [0.1, 0.15) is 5.82 Å². The van der Waals surface area contributed by atoms with Crippen LogP contribution in [0.4, 0.5) is 9.18 Å². The first kappa shape index (κ1) is 16.7. The van der Waals surface area contributed by atoms with Gasteiger partial charge in [-0.2, -0.15) is 0 Å². The second-order valence-electron chi connectivity index (χ2n) is 6.26. The van der Waals surface area contributed by atoms with Crippen LogP contribution in [0.15, 0.2) is 24.3 Å². The van der Waals surface area contributed by atoms with Crippen molar-refractivity contribution in [3.05, 3.63) is 35.6 Å². The number of hydrogen-bond acceptors (Lipinski definition) is 2. The lowest BCUT2D eigenvalue weighted by Gasteiger charge is -2.28. The lowest BCUT2D eigenvalue weighted by Crippen LogP contribution is -2.43. The van der Waals surface area contributed by atoms with Gasteiger partial charge in [-0.25, -0.2) is 9.18 Å². The van der Waals surface area contributed by atoms with Crippen molar-refractivity contribution in [3.8, 4) is 0 Å². The predicted octanol–water partition coefficient (Wildman–Crippen LogP) is 3.08. The Kier molecular flexibility index (Phi) is 5.77. The maximum absolute atomic E-state index is 13.5. The molecule has 1 saturated carbocycles. The molecule has 2 rings (SSSR count). The fourth-order valence-corrected chi connectivity index (χ4v) is 3.19. The van der Waals surface area contributed by atoms with Crippen molar-refractivity contribution in [1.82, 2.24) is 10.2 Å². The number of hydrogen-bond donors (Lipinski definition) is 2. The molecule has 1 aromatic rings. The fourth-order valence-electron chi connectivity index (χ4n) is 3.19. The Morgan fingerprint density at radius 1 is 1.45 bits per heavy atom. The van der Waals surface area contributed by atoms with Gasteiger partial charge in [0.15, 0.2) is 0 Å². The van der Waals surface area contributed by atoms with Gasteiger partial charge in [0.2, 0.25) is 0 Å². The summed E-state index contributed by atoms with van der Waals surface area (Å²) in [7, 11) is 1.65. The Morgan fingerprint density at radius 3 is 2.73 bits per heavy atom. The van der Waals surface area contributed by atoms with Crippen molar-refractivity contribution in [2.75, 3.05) is 13.6 Å². The molecule has 0 spiro atoms. The van der Waals surface area contributed by atoms with Gasteiger partial charge in [-0.15, -0.1) is 0 Å². The summed E-state index contributed by atoms with van der Waals surface area (Å²) in [5, 5.41) is 12.4. The normalized spacial score (nSPS) is 18.0. The summed E-state index contributed by atoms with van der Waals surface area (Å²) in [6, 6.07) is 6.04. The molecule has 2 N–H and O–H groups in total. The fraction of sp³-hybridized carbons (Fsp3) is 0.588. The Morgan fingerprint density at radius 2 is 2.14 bits per heavy atom. The number of halogens is 1. The maximum atomic E-state index is 13.5. The van der Waals surface area contributed by atoms with Crippen LogP contribution in [0.25, 0.3) is 0 Å². The number of aliphatic hydroxyl groups excluding tert-OH is 1. The van der Waals surface area contributed by atoms with Crippen molar-refractivity contribution in [3.63, 3.8) is 0 Å². The number of nitrogens with one attached hydrogen (secondary N) is 1. The third-order valence-corrected chi connectivity index (χ3v) is 4.24. The molecular formula is C17H25FN2O2. The highest BCUT2D eigenvalue weighted by atomic mass is 19.1. The van der Waals surface area contributed by atoms with E-state index in [1.54, 1.807) is 20.0 Å². The zero-order chi connectivity index (χ0) is 16.1. The smallest absolute Gasteiger partial charge is 0.317 e. The van der Waals surface area contributed by atoms with Crippen LogP contribution in [0.3, 0.4) is 0 Å². The van der Waals surface area contributed by atoms with Gasteiger partial charge in [0.05, 0.1) is 12.1 Å². The summed E-state index contributed by atoms with van der Waals surface area (Å²) in [5.41, 5.74) is 0.811. The Balaban J connectivity index is 2.13. The molecule has 0 aliphatic heterocycles. The molecule has 1 aliphatic rings. The number of benzene rings is 1. The molecule has 0 saturated heterocycles. The SMILES string of the molecule is CC(O)CN(C)C(=O)NC(c1cccc(F)c1)C1CCCC1. The minimum atomic E-state index is -0.574. The Bertz CT molecular complexity index is 501. The largest absolute Gasteiger partial charge is 0.392 e. The van der Waals surface area contributed by atoms with E-state index in [2.05, 4.69) is 5.32 Å². The van der Waals surface area contributed by atoms with Gasteiger partial charge < -0.3 is 15.3 Å². The maximum Gasteiger partial charge on any atom is 0.317 e. The third-order valence-electron chi connectivity index (χ3n) is 4.24. The molecule has 0 bridgehead atoms. The summed E-state index contributed by atoms with van der Waals surface area (Å²) in [6.45, 7) is 1.91. The molecule has 0 aromatic heterocycles. The number of urea groups is 1. The number of likely N-dealkylation sites (N-methyl/N-ethyl adjacent to an activating group) is 1. The minimum absolute atomic E-state index is 0.179. The van der Waals surface area contributed by atoms with Crippen LogP contribution in [0.1, 0.15) is 44.2 Å². The second-order valence-corrected chi connectivity index (χ2v) is 6.26. The number of carbonyl (C=O) groups excluding carboxylic acids is 1. The quantitative estimate of drug-likeness (QED) is 0.878. The van der Waals surface area contributed by atoms with Gasteiger partial charge in [-0.05, 0) is 43.4 Å². The van der Waals surface area contributed by atoms with Crippen LogP contribution in [0.2, 0.25) is 0 Å². The van der Waals surface area contributed by atoms with E-state index in [1.165, 1.54) is 17.0 Å². The van der Waals surface area contributed by atoms with Gasteiger partial charge in [-0.3, -0.25) is 0 Å². The molecule has 0 heterocycles. The Hall–Kier alpha value is -1.62. The molecule has 2 unspecified atom stereocenters. The Labute approximate surface area is 131 Å². The third kappa shape index (κ3) is 4.44. The van der Waals surface area contributed by atoms with E-state index in [9.17, 15) is 14.3 Å². The number of aliphatic hydroxyl groups is 1. The predicted molar refractivity (Wildman–Crippen MR) is 83.9 cm³/mol. The summed E-state index contributed by atoms with van der Waals surface area (Å²) < 4.78 is 13.5. The molecule has 2 atom stereocenters. The summed E-state index contributed by atoms with van der Waals surface area (Å²) in [5.74, 6) is 0.0535. The number of amides is 2. The number of rotatable bonds is 5. The van der Waals surface area contributed by atoms with Crippen molar-refractivity contribution in [2.24, 2.45) is 5.92 Å². The monoisotopic (exact) mass is 308 g/mol. The van der Waals surface area contributed by atoms with Crippen LogP contribution >= 0.6 is 0 Å². The molecular weight excluding hydrogens is 283 g/mol. The highest BCUT2D eigenvalue weighted by Crippen LogP contribution is 2.36. The molecule has 1 aliphatic carbocycles. The van der Waals surface area contributed by atoms with E-state index in [4.69, 9.17) is 0 Å². The molecule has 4 nitrogen and oxygen atoms in total. The lowest BCUT2D eigenvalue weighted by atomic mass is 9.91. The molecule has 5 heteroatoms. The molecule has 2 amide bonds. The zero-order valence-corrected chi connectivity index (χ0v) is 13.3.